The molecule has 31 heavy (non-hydrogen) atoms. The van der Waals surface area contributed by atoms with E-state index in [1.165, 1.54) is 4.31 Å². The van der Waals surface area contributed by atoms with Crippen molar-refractivity contribution in [1.29, 1.82) is 0 Å². The van der Waals surface area contributed by atoms with Gasteiger partial charge in [0.2, 0.25) is 16.0 Å². The van der Waals surface area contributed by atoms with Gasteiger partial charge in [-0.3, -0.25) is 4.98 Å². The fourth-order valence-electron chi connectivity index (χ4n) is 4.10. The maximum atomic E-state index is 13.6. The lowest BCUT2D eigenvalue weighted by Crippen LogP contribution is -2.32. The highest BCUT2D eigenvalue weighted by Gasteiger charge is 2.41. The summed E-state index contributed by atoms with van der Waals surface area (Å²) in [5, 5.41) is 3.85. The summed E-state index contributed by atoms with van der Waals surface area (Å²) in [7, 11) is -0.0763. The van der Waals surface area contributed by atoms with Gasteiger partial charge in [-0.1, -0.05) is 5.16 Å². The third kappa shape index (κ3) is 3.70. The van der Waals surface area contributed by atoms with Crippen molar-refractivity contribution < 1.29 is 12.9 Å². The Morgan fingerprint density at radius 3 is 2.58 bits per heavy atom. The van der Waals surface area contributed by atoms with Gasteiger partial charge in [-0.2, -0.15) is 4.31 Å². The number of pyridine rings is 1. The second kappa shape index (κ2) is 8.01. The van der Waals surface area contributed by atoms with Crippen LogP contribution in [0.25, 0.3) is 11.1 Å². The molecule has 3 aromatic heterocycles. The van der Waals surface area contributed by atoms with E-state index in [2.05, 4.69) is 15.1 Å². The Balaban J connectivity index is 1.88. The lowest BCUT2D eigenvalue weighted by Gasteiger charge is -2.26. The zero-order valence-corrected chi connectivity index (χ0v) is 19.1. The smallest absolute Gasteiger partial charge is 0.249 e. The Labute approximate surface area is 182 Å². The molecule has 0 amide bonds. The van der Waals surface area contributed by atoms with Gasteiger partial charge >= 0.3 is 0 Å². The average molecular weight is 443 g/mol. The monoisotopic (exact) mass is 442 g/mol. The largest absolute Gasteiger partial charge is 0.360 e. The molecule has 1 atom stereocenters. The van der Waals surface area contributed by atoms with Crippen LogP contribution in [-0.4, -0.2) is 53.5 Å². The van der Waals surface area contributed by atoms with E-state index in [0.717, 1.165) is 23.1 Å². The molecule has 4 rings (SSSR count). The molecule has 1 aliphatic rings. The molecule has 164 valence electrons. The van der Waals surface area contributed by atoms with Crippen LogP contribution >= 0.6 is 0 Å². The van der Waals surface area contributed by atoms with E-state index in [1.54, 1.807) is 32.4 Å². The lowest BCUT2D eigenvalue weighted by molar-refractivity contribution is 0.381. The van der Waals surface area contributed by atoms with E-state index >= 15 is 0 Å². The molecule has 1 saturated heterocycles. The summed E-state index contributed by atoms with van der Waals surface area (Å²) < 4.78 is 33.9. The van der Waals surface area contributed by atoms with E-state index in [1.807, 2.05) is 32.0 Å². The van der Waals surface area contributed by atoms with Gasteiger partial charge < -0.3 is 9.42 Å². The molecule has 4 heterocycles. The van der Waals surface area contributed by atoms with E-state index in [0.29, 0.717) is 36.1 Å². The second-order valence-corrected chi connectivity index (χ2v) is 9.81. The number of aromatic nitrogens is 4. The van der Waals surface area contributed by atoms with Crippen LogP contribution in [0.1, 0.15) is 41.6 Å². The third-order valence-electron chi connectivity index (χ3n) is 5.57. The number of aryl methyl sites for hydroxylation is 3. The molecule has 1 aliphatic heterocycles. The van der Waals surface area contributed by atoms with Crippen LogP contribution in [0.5, 0.6) is 0 Å². The maximum absolute atomic E-state index is 13.6. The average Bonchev–Trinajstić information content (AvgIpc) is 3.35. The first-order valence-electron chi connectivity index (χ1n) is 10.1. The SMILES string of the molecule is Cc1cnccc1-c1cnc(N(C)C)nc1[C@@H]1CCCN1S(=O)(=O)c1c(C)noc1C. The van der Waals surface area contributed by atoms with Crippen molar-refractivity contribution in [1.82, 2.24) is 24.4 Å². The van der Waals surface area contributed by atoms with Crippen molar-refractivity contribution in [3.63, 3.8) is 0 Å². The van der Waals surface area contributed by atoms with Crippen LogP contribution in [0.2, 0.25) is 0 Å². The zero-order valence-electron chi connectivity index (χ0n) is 18.3. The molecule has 10 heteroatoms. The Hall–Kier alpha value is -2.85. The van der Waals surface area contributed by atoms with Gasteiger partial charge in [-0.25, -0.2) is 18.4 Å². The van der Waals surface area contributed by atoms with Crippen molar-refractivity contribution in [3.05, 3.63) is 47.4 Å². The molecule has 1 fully saturated rings. The van der Waals surface area contributed by atoms with Gasteiger partial charge in [0.1, 0.15) is 10.6 Å². The van der Waals surface area contributed by atoms with Crippen molar-refractivity contribution in [2.45, 2.75) is 44.6 Å². The molecular weight excluding hydrogens is 416 g/mol. The highest BCUT2D eigenvalue weighted by atomic mass is 32.2. The molecule has 3 aromatic rings. The summed E-state index contributed by atoms with van der Waals surface area (Å²) in [5.41, 5.74) is 3.79. The Bertz CT molecular complexity index is 1200. The maximum Gasteiger partial charge on any atom is 0.249 e. The number of rotatable bonds is 5. The quantitative estimate of drug-likeness (QED) is 0.594. The Morgan fingerprint density at radius 2 is 1.94 bits per heavy atom. The van der Waals surface area contributed by atoms with E-state index < -0.39 is 16.1 Å². The molecule has 0 unspecified atom stereocenters. The van der Waals surface area contributed by atoms with Gasteiger partial charge in [-0.05, 0) is 50.8 Å². The minimum atomic E-state index is -3.81. The predicted octanol–water partition coefficient (Wildman–Crippen LogP) is 3.04. The number of sulfonamides is 1. The molecule has 0 bridgehead atoms. The van der Waals surface area contributed by atoms with Crippen LogP contribution < -0.4 is 4.90 Å². The molecule has 0 N–H and O–H groups in total. The summed E-state index contributed by atoms with van der Waals surface area (Å²) in [4.78, 5) is 15.4. The summed E-state index contributed by atoms with van der Waals surface area (Å²) in [6, 6.07) is 1.50. The summed E-state index contributed by atoms with van der Waals surface area (Å²) in [5.74, 6) is 0.831. The van der Waals surface area contributed by atoms with Crippen molar-refractivity contribution >= 4 is 16.0 Å². The summed E-state index contributed by atoms with van der Waals surface area (Å²) >= 11 is 0. The first-order valence-corrected chi connectivity index (χ1v) is 11.6. The van der Waals surface area contributed by atoms with Crippen molar-refractivity contribution in [2.75, 3.05) is 25.5 Å². The highest BCUT2D eigenvalue weighted by molar-refractivity contribution is 7.89. The fraction of sp³-hybridized carbons (Fsp3) is 0.429. The zero-order chi connectivity index (χ0) is 22.3. The number of hydrogen-bond acceptors (Lipinski definition) is 8. The van der Waals surface area contributed by atoms with Crippen LogP contribution in [0, 0.1) is 20.8 Å². The highest BCUT2D eigenvalue weighted by Crippen LogP contribution is 2.41. The van der Waals surface area contributed by atoms with E-state index in [4.69, 9.17) is 9.51 Å². The lowest BCUT2D eigenvalue weighted by atomic mass is 9.98. The molecular formula is C21H26N6O3S. The van der Waals surface area contributed by atoms with Crippen molar-refractivity contribution in [3.8, 4) is 11.1 Å². The normalized spacial score (nSPS) is 17.3. The van der Waals surface area contributed by atoms with Crippen LogP contribution in [-0.2, 0) is 10.0 Å². The van der Waals surface area contributed by atoms with Crippen molar-refractivity contribution in [2.24, 2.45) is 0 Å². The standard InChI is InChI=1S/C21H26N6O3S/c1-13-11-22-9-8-16(13)17-12-23-21(26(4)5)24-19(17)18-7-6-10-27(18)31(28,29)20-14(2)25-30-15(20)3/h8-9,11-12,18H,6-7,10H2,1-5H3/t18-/m0/s1. The van der Waals surface area contributed by atoms with Crippen LogP contribution in [0.3, 0.4) is 0 Å². The van der Waals surface area contributed by atoms with Gasteiger partial charge in [0.25, 0.3) is 0 Å². The summed E-state index contributed by atoms with van der Waals surface area (Å²) in [6.45, 7) is 5.65. The third-order valence-corrected chi connectivity index (χ3v) is 7.72. The molecule has 0 spiro atoms. The first kappa shape index (κ1) is 21.4. The number of anilines is 1. The second-order valence-electron chi connectivity index (χ2n) is 7.98. The Kier molecular flexibility index (Phi) is 5.52. The molecule has 0 aliphatic carbocycles. The van der Waals surface area contributed by atoms with Gasteiger partial charge in [-0.15, -0.1) is 0 Å². The van der Waals surface area contributed by atoms with Gasteiger partial charge in [0, 0.05) is 44.8 Å². The van der Waals surface area contributed by atoms with Gasteiger partial charge in [0.05, 0.1) is 11.7 Å². The predicted molar refractivity (Wildman–Crippen MR) is 116 cm³/mol. The first-order chi connectivity index (χ1) is 14.7. The molecule has 0 radical (unpaired) electrons. The summed E-state index contributed by atoms with van der Waals surface area (Å²) in [6.07, 6.45) is 6.69. The Morgan fingerprint density at radius 1 is 1.16 bits per heavy atom. The fourth-order valence-corrected chi connectivity index (χ4v) is 6.05. The van der Waals surface area contributed by atoms with Crippen LogP contribution in [0.4, 0.5) is 5.95 Å². The van der Waals surface area contributed by atoms with E-state index in [9.17, 15) is 8.42 Å². The van der Waals surface area contributed by atoms with Crippen LogP contribution in [0.15, 0.2) is 34.1 Å². The minimum absolute atomic E-state index is 0.142. The molecule has 0 aromatic carbocycles. The minimum Gasteiger partial charge on any atom is -0.360 e. The van der Waals surface area contributed by atoms with Gasteiger partial charge in [0.15, 0.2) is 5.76 Å². The number of nitrogens with zero attached hydrogens (tertiary/aromatic N) is 6. The topological polar surface area (TPSA) is 105 Å². The number of hydrogen-bond donors (Lipinski definition) is 0. The van der Waals surface area contributed by atoms with E-state index in [-0.39, 0.29) is 4.90 Å². The molecule has 0 saturated carbocycles. The molecule has 9 nitrogen and oxygen atoms in total.